The molecule has 10 heavy (non-hydrogen) atoms. The van der Waals surface area contributed by atoms with Gasteiger partial charge in [-0.25, -0.2) is 4.68 Å². The first kappa shape index (κ1) is 6.97. The predicted octanol–water partition coefficient (Wildman–Crippen LogP) is 0.0356. The normalized spacial score (nSPS) is 11.9. The SMILES string of the molecule is FC(F)(F)Cn1[c]nnn1. The Morgan fingerprint density at radius 1 is 1.40 bits per heavy atom. The van der Waals surface area contributed by atoms with Gasteiger partial charge in [-0.15, -0.1) is 5.10 Å². The Labute approximate surface area is 53.6 Å². The number of rotatable bonds is 1. The van der Waals surface area contributed by atoms with E-state index in [-0.39, 0.29) is 0 Å². The van der Waals surface area contributed by atoms with Crippen molar-refractivity contribution >= 4 is 0 Å². The second-order valence-corrected chi connectivity index (χ2v) is 1.55. The molecule has 1 rings (SSSR count). The molecule has 0 saturated carbocycles. The predicted molar refractivity (Wildman–Crippen MR) is 22.7 cm³/mol. The Morgan fingerprint density at radius 2 is 2.10 bits per heavy atom. The molecule has 0 bridgehead atoms. The number of alkyl halides is 3. The highest BCUT2D eigenvalue weighted by Gasteiger charge is 2.28. The number of hydrogen-bond acceptors (Lipinski definition) is 3. The molecular formula is C3H2F3N4. The van der Waals surface area contributed by atoms with Crippen molar-refractivity contribution in [2.24, 2.45) is 0 Å². The van der Waals surface area contributed by atoms with E-state index >= 15 is 0 Å². The summed E-state index contributed by atoms with van der Waals surface area (Å²) in [7, 11) is 0. The molecule has 0 aromatic carbocycles. The van der Waals surface area contributed by atoms with E-state index in [0.29, 0.717) is 4.68 Å². The van der Waals surface area contributed by atoms with Gasteiger partial charge in [0, 0.05) is 0 Å². The maximum atomic E-state index is 11.5. The fourth-order valence-corrected chi connectivity index (χ4v) is 0.397. The molecule has 7 heteroatoms. The van der Waals surface area contributed by atoms with Gasteiger partial charge in [-0.3, -0.25) is 0 Å². The Balaban J connectivity index is 2.57. The molecule has 0 N–H and O–H groups in total. The zero-order chi connectivity index (χ0) is 7.61. The van der Waals surface area contributed by atoms with Gasteiger partial charge in [0.2, 0.25) is 6.33 Å². The third-order valence-electron chi connectivity index (χ3n) is 0.682. The second-order valence-electron chi connectivity index (χ2n) is 1.55. The smallest absolute Gasteiger partial charge is 0.213 e. The summed E-state index contributed by atoms with van der Waals surface area (Å²) in [5.41, 5.74) is 0. The number of halogens is 3. The summed E-state index contributed by atoms with van der Waals surface area (Å²) in [5, 5.41) is 8.88. The van der Waals surface area contributed by atoms with E-state index in [9.17, 15) is 13.2 Å². The molecular weight excluding hydrogens is 149 g/mol. The maximum absolute atomic E-state index is 11.5. The highest BCUT2D eigenvalue weighted by Crippen LogP contribution is 2.15. The fourth-order valence-electron chi connectivity index (χ4n) is 0.397. The molecule has 0 atom stereocenters. The third kappa shape index (κ3) is 2.00. The minimum absolute atomic E-state index is 0.486. The Morgan fingerprint density at radius 3 is 2.50 bits per heavy atom. The minimum atomic E-state index is -4.29. The van der Waals surface area contributed by atoms with Gasteiger partial charge in [-0.1, -0.05) is 0 Å². The molecule has 0 aliphatic carbocycles. The second kappa shape index (κ2) is 2.24. The van der Waals surface area contributed by atoms with Gasteiger partial charge in [-0.05, 0) is 10.4 Å². The molecule has 4 nitrogen and oxygen atoms in total. The molecule has 0 aliphatic rings. The summed E-state index contributed by atoms with van der Waals surface area (Å²) in [4.78, 5) is 0. The molecule has 1 aromatic heterocycles. The van der Waals surface area contributed by atoms with Crippen LogP contribution in [0.25, 0.3) is 0 Å². The molecule has 1 radical (unpaired) electrons. The molecule has 55 valence electrons. The molecule has 0 unspecified atom stereocenters. The molecule has 0 fully saturated rings. The summed E-state index contributed by atoms with van der Waals surface area (Å²) in [6, 6.07) is 0. The molecule has 1 aromatic rings. The van der Waals surface area contributed by atoms with Crippen LogP contribution in [0.3, 0.4) is 0 Å². The lowest BCUT2D eigenvalue weighted by molar-refractivity contribution is -0.143. The zero-order valence-corrected chi connectivity index (χ0v) is 4.63. The number of hydrogen-bond donors (Lipinski definition) is 0. The van der Waals surface area contributed by atoms with Crippen LogP contribution >= 0.6 is 0 Å². The first-order valence-electron chi connectivity index (χ1n) is 2.28. The maximum Gasteiger partial charge on any atom is 0.408 e. The van der Waals surface area contributed by atoms with Crippen molar-refractivity contribution in [1.29, 1.82) is 0 Å². The van der Waals surface area contributed by atoms with Crippen LogP contribution in [0.5, 0.6) is 0 Å². The van der Waals surface area contributed by atoms with E-state index in [2.05, 4.69) is 15.5 Å². The van der Waals surface area contributed by atoms with Gasteiger partial charge in [-0.2, -0.15) is 13.2 Å². The molecule has 0 amide bonds. The topological polar surface area (TPSA) is 43.6 Å². The van der Waals surface area contributed by atoms with Gasteiger partial charge in [0.05, 0.1) is 0 Å². The first-order valence-corrected chi connectivity index (χ1v) is 2.28. The van der Waals surface area contributed by atoms with Gasteiger partial charge in [0.25, 0.3) is 0 Å². The monoisotopic (exact) mass is 151 g/mol. The van der Waals surface area contributed by atoms with Crippen molar-refractivity contribution in [3.63, 3.8) is 0 Å². The van der Waals surface area contributed by atoms with E-state index in [4.69, 9.17) is 0 Å². The summed E-state index contributed by atoms with van der Waals surface area (Å²) in [6.45, 7) is -1.19. The van der Waals surface area contributed by atoms with Gasteiger partial charge in [0.15, 0.2) is 0 Å². The van der Waals surface area contributed by atoms with Crippen LogP contribution in [-0.2, 0) is 6.54 Å². The van der Waals surface area contributed by atoms with Crippen molar-refractivity contribution < 1.29 is 13.2 Å². The summed E-state index contributed by atoms with van der Waals surface area (Å²) >= 11 is 0. The van der Waals surface area contributed by atoms with Crippen molar-refractivity contribution in [2.45, 2.75) is 12.7 Å². The Bertz CT molecular complexity index is 190. The van der Waals surface area contributed by atoms with Gasteiger partial charge < -0.3 is 0 Å². The van der Waals surface area contributed by atoms with Crippen LogP contribution in [0.2, 0.25) is 0 Å². The Kier molecular flexibility index (Phi) is 1.56. The summed E-state index contributed by atoms with van der Waals surface area (Å²) in [5.74, 6) is 0. The molecule has 0 aliphatic heterocycles. The Hall–Kier alpha value is -1.14. The third-order valence-corrected chi connectivity index (χ3v) is 0.682. The van der Waals surface area contributed by atoms with Crippen molar-refractivity contribution in [1.82, 2.24) is 20.2 Å². The van der Waals surface area contributed by atoms with Crippen molar-refractivity contribution in [2.75, 3.05) is 0 Å². The van der Waals surface area contributed by atoms with Crippen LogP contribution < -0.4 is 0 Å². The van der Waals surface area contributed by atoms with Crippen molar-refractivity contribution in [3.05, 3.63) is 6.33 Å². The lowest BCUT2D eigenvalue weighted by Crippen LogP contribution is -2.18. The largest absolute Gasteiger partial charge is 0.408 e. The molecule has 0 saturated heterocycles. The highest BCUT2D eigenvalue weighted by molar-refractivity contribution is 4.50. The molecule has 1 heterocycles. The fraction of sp³-hybridized carbons (Fsp3) is 0.667. The number of aromatic nitrogens is 4. The van der Waals surface area contributed by atoms with Gasteiger partial charge >= 0.3 is 6.18 Å². The van der Waals surface area contributed by atoms with E-state index in [1.807, 2.05) is 6.33 Å². The zero-order valence-electron chi connectivity index (χ0n) is 4.63. The van der Waals surface area contributed by atoms with E-state index in [1.165, 1.54) is 0 Å². The van der Waals surface area contributed by atoms with Crippen LogP contribution in [0.1, 0.15) is 0 Å². The summed E-state index contributed by atoms with van der Waals surface area (Å²) < 4.78 is 34.9. The van der Waals surface area contributed by atoms with Crippen LogP contribution in [-0.4, -0.2) is 26.4 Å². The van der Waals surface area contributed by atoms with Crippen LogP contribution in [0, 0.1) is 6.33 Å². The van der Waals surface area contributed by atoms with Gasteiger partial charge in [0.1, 0.15) is 6.54 Å². The average molecular weight is 151 g/mol. The lowest BCUT2D eigenvalue weighted by Gasteiger charge is -2.02. The summed E-state index contributed by atoms with van der Waals surface area (Å²) in [6.07, 6.45) is -2.37. The molecule has 0 spiro atoms. The lowest BCUT2D eigenvalue weighted by atomic mass is 10.6. The average Bonchev–Trinajstić information content (AvgIpc) is 2.12. The van der Waals surface area contributed by atoms with Crippen LogP contribution in [0.4, 0.5) is 13.2 Å². The minimum Gasteiger partial charge on any atom is -0.213 e. The standard InChI is InChI=1S/C3H2F3N4/c4-3(5,6)1-10-2-7-8-9-10/h1H2. The highest BCUT2D eigenvalue weighted by atomic mass is 19.4. The number of nitrogens with zero attached hydrogens (tertiary/aromatic N) is 4. The van der Waals surface area contributed by atoms with E-state index < -0.39 is 12.7 Å². The number of tetrazole rings is 1. The van der Waals surface area contributed by atoms with E-state index in [0.717, 1.165) is 0 Å². The van der Waals surface area contributed by atoms with Crippen molar-refractivity contribution in [3.8, 4) is 0 Å². The quantitative estimate of drug-likeness (QED) is 0.569. The van der Waals surface area contributed by atoms with E-state index in [1.54, 1.807) is 0 Å². The first-order chi connectivity index (χ1) is 4.58. The van der Waals surface area contributed by atoms with Crippen LogP contribution in [0.15, 0.2) is 0 Å².